The molecule has 0 amide bonds. The fourth-order valence-corrected chi connectivity index (χ4v) is 6.61. The smallest absolute Gasteiger partial charge is 0.271 e. The summed E-state index contributed by atoms with van der Waals surface area (Å²) in [7, 11) is -1.85. The van der Waals surface area contributed by atoms with Crippen molar-refractivity contribution in [2.45, 2.75) is 23.2 Å². The average molecular weight is 522 g/mol. The van der Waals surface area contributed by atoms with Crippen LogP contribution in [-0.4, -0.2) is 39.6 Å². The van der Waals surface area contributed by atoms with E-state index >= 15 is 0 Å². The van der Waals surface area contributed by atoms with Crippen LogP contribution in [0.15, 0.2) is 52.7 Å². The molecule has 1 atom stereocenters. The maximum Gasteiger partial charge on any atom is 0.271 e. The summed E-state index contributed by atoms with van der Waals surface area (Å²) in [5, 5.41) is 9.59. The molecule has 1 fully saturated rings. The van der Waals surface area contributed by atoms with Gasteiger partial charge >= 0.3 is 0 Å². The molecule has 1 aromatic heterocycles. The first kappa shape index (κ1) is 23.9. The number of thiophene rings is 1. The fourth-order valence-electron chi connectivity index (χ4n) is 3.58. The van der Waals surface area contributed by atoms with Crippen LogP contribution in [0.4, 0.5) is 5.69 Å². The molecular weight excluding hydrogens is 501 g/mol. The highest BCUT2D eigenvalue weighted by Crippen LogP contribution is 2.39. The van der Waals surface area contributed by atoms with Gasteiger partial charge in [-0.1, -0.05) is 47.5 Å². The van der Waals surface area contributed by atoms with Crippen molar-refractivity contribution >= 4 is 50.2 Å². The van der Waals surface area contributed by atoms with E-state index in [0.717, 1.165) is 42.0 Å². The van der Waals surface area contributed by atoms with Gasteiger partial charge in [-0.15, -0.1) is 11.3 Å². The van der Waals surface area contributed by atoms with E-state index in [1.165, 1.54) is 6.07 Å². The van der Waals surface area contributed by atoms with Crippen LogP contribution in [0.2, 0.25) is 10.0 Å². The van der Waals surface area contributed by atoms with Crippen LogP contribution in [0.1, 0.15) is 12.0 Å². The van der Waals surface area contributed by atoms with Crippen molar-refractivity contribution in [2.24, 2.45) is 0 Å². The molecule has 1 aliphatic rings. The lowest BCUT2D eigenvalue weighted by atomic mass is 10.1. The van der Waals surface area contributed by atoms with Crippen LogP contribution < -0.4 is 9.46 Å². The lowest BCUT2D eigenvalue weighted by Gasteiger charge is -2.16. The summed E-state index contributed by atoms with van der Waals surface area (Å²) in [4.78, 5) is 2.81. The number of likely N-dealkylation sites (tertiary alicyclic amines) is 1. The molecule has 0 radical (unpaired) electrons. The molecule has 4 rings (SSSR count). The van der Waals surface area contributed by atoms with Gasteiger partial charge in [-0.25, -0.2) is 8.42 Å². The van der Waals surface area contributed by atoms with Crippen molar-refractivity contribution in [1.29, 1.82) is 5.26 Å². The summed E-state index contributed by atoms with van der Waals surface area (Å²) in [5.41, 5.74) is 2.03. The Hall–Kier alpha value is -2.28. The summed E-state index contributed by atoms with van der Waals surface area (Å²) in [5.74, 6) is 0.444. The van der Waals surface area contributed by atoms with E-state index < -0.39 is 10.0 Å². The molecule has 0 bridgehead atoms. The summed E-state index contributed by atoms with van der Waals surface area (Å²) >= 11 is 13.7. The van der Waals surface area contributed by atoms with Crippen LogP contribution in [0.5, 0.6) is 5.75 Å². The Kier molecular flexibility index (Phi) is 7.17. The summed E-state index contributed by atoms with van der Waals surface area (Å²) in [6, 6.07) is 15.7. The number of nitrogens with one attached hydrogen (secondary N) is 1. The van der Waals surface area contributed by atoms with Gasteiger partial charge in [0, 0.05) is 19.2 Å². The van der Waals surface area contributed by atoms with Crippen LogP contribution in [-0.2, 0) is 16.4 Å². The molecule has 1 N–H and O–H groups in total. The average Bonchev–Trinajstić information content (AvgIpc) is 3.37. The van der Waals surface area contributed by atoms with Gasteiger partial charge in [0.2, 0.25) is 0 Å². The van der Waals surface area contributed by atoms with Crippen LogP contribution in [0, 0.1) is 11.3 Å². The lowest BCUT2D eigenvalue weighted by molar-refractivity contribution is 0.208. The maximum atomic E-state index is 13.0. The third-order valence-corrected chi connectivity index (χ3v) is 9.01. The molecule has 10 heteroatoms. The predicted molar refractivity (Wildman–Crippen MR) is 133 cm³/mol. The topological polar surface area (TPSA) is 82.4 Å². The largest absolute Gasteiger partial charge is 0.487 e. The van der Waals surface area contributed by atoms with Crippen LogP contribution in [0.25, 0.3) is 10.4 Å². The predicted octanol–water partition coefficient (Wildman–Crippen LogP) is 5.67. The molecule has 0 aliphatic carbocycles. The number of sulfonamides is 1. The number of benzene rings is 2. The monoisotopic (exact) mass is 521 g/mol. The first-order chi connectivity index (χ1) is 15.7. The molecule has 1 saturated heterocycles. The van der Waals surface area contributed by atoms with E-state index in [4.69, 9.17) is 33.2 Å². The van der Waals surface area contributed by atoms with E-state index in [-0.39, 0.29) is 10.3 Å². The summed E-state index contributed by atoms with van der Waals surface area (Å²) in [6.07, 6.45) is 1.21. The Morgan fingerprint density at radius 2 is 1.94 bits per heavy atom. The molecule has 6 nitrogen and oxygen atoms in total. The first-order valence-corrected chi connectivity index (χ1v) is 13.2. The molecule has 0 unspecified atom stereocenters. The third-order valence-electron chi connectivity index (χ3n) is 5.25. The molecule has 0 spiro atoms. The zero-order valence-electron chi connectivity index (χ0n) is 17.7. The van der Waals surface area contributed by atoms with E-state index in [1.807, 2.05) is 31.3 Å². The molecule has 3 aromatic rings. The molecule has 1 aliphatic heterocycles. The zero-order valence-corrected chi connectivity index (χ0v) is 20.9. The quantitative estimate of drug-likeness (QED) is 0.432. The SMILES string of the molecule is CN1CC[C@@H](Oc2cc(NS(=O)(=O)c3cc(Cl)c(-c4ccc(CC#N)cc4)s3)ccc2Cl)C1. The van der Waals surface area contributed by atoms with Gasteiger partial charge in [0.1, 0.15) is 16.1 Å². The standard InChI is InChI=1S/C23H21Cl2N3O3S2/c1-28-11-9-18(14-28)31-21-12-17(6-7-19(21)24)27-33(29,30)22-13-20(25)23(32-22)16-4-2-15(3-5-16)8-10-26/h2-7,12-13,18,27H,8-9,11,14H2,1H3/t18-/m1/s1. The second-order valence-electron chi connectivity index (χ2n) is 7.82. The van der Waals surface area contributed by atoms with Gasteiger partial charge in [0.15, 0.2) is 0 Å². The van der Waals surface area contributed by atoms with Crippen molar-refractivity contribution in [3.05, 3.63) is 64.1 Å². The van der Waals surface area contributed by atoms with Crippen molar-refractivity contribution in [1.82, 2.24) is 4.90 Å². The Morgan fingerprint density at radius 1 is 1.18 bits per heavy atom. The highest BCUT2D eigenvalue weighted by atomic mass is 35.5. The summed E-state index contributed by atoms with van der Waals surface area (Å²) < 4.78 is 34.8. The van der Waals surface area contributed by atoms with Gasteiger partial charge in [-0.3, -0.25) is 4.72 Å². The van der Waals surface area contributed by atoms with E-state index in [0.29, 0.717) is 32.8 Å². The number of anilines is 1. The Morgan fingerprint density at radius 3 is 2.61 bits per heavy atom. The van der Waals surface area contributed by atoms with E-state index in [2.05, 4.69) is 15.7 Å². The Labute approximate surface area is 207 Å². The molecular formula is C23H21Cl2N3O3S2. The molecule has 2 heterocycles. The van der Waals surface area contributed by atoms with Gasteiger partial charge in [0.05, 0.1) is 33.1 Å². The van der Waals surface area contributed by atoms with Gasteiger partial charge < -0.3 is 9.64 Å². The highest BCUT2D eigenvalue weighted by Gasteiger charge is 2.24. The van der Waals surface area contributed by atoms with Crippen molar-refractivity contribution < 1.29 is 13.2 Å². The highest BCUT2D eigenvalue weighted by molar-refractivity contribution is 7.94. The van der Waals surface area contributed by atoms with Crippen molar-refractivity contribution in [3.8, 4) is 22.3 Å². The van der Waals surface area contributed by atoms with E-state index in [9.17, 15) is 8.42 Å². The number of rotatable bonds is 7. The van der Waals surface area contributed by atoms with Crippen LogP contribution in [0.3, 0.4) is 0 Å². The number of hydrogen-bond donors (Lipinski definition) is 1. The number of nitrogens with zero attached hydrogens (tertiary/aromatic N) is 2. The molecule has 172 valence electrons. The Balaban J connectivity index is 1.54. The fraction of sp³-hybridized carbons (Fsp3) is 0.261. The molecule has 0 saturated carbocycles. The van der Waals surface area contributed by atoms with E-state index in [1.54, 1.807) is 18.2 Å². The zero-order chi connectivity index (χ0) is 23.6. The van der Waals surface area contributed by atoms with Crippen molar-refractivity contribution in [2.75, 3.05) is 24.9 Å². The number of ether oxygens (including phenoxy) is 1. The number of hydrogen-bond acceptors (Lipinski definition) is 6. The third kappa shape index (κ3) is 5.62. The van der Waals surface area contributed by atoms with Gasteiger partial charge in [-0.2, -0.15) is 5.26 Å². The number of halogens is 2. The summed E-state index contributed by atoms with van der Waals surface area (Å²) in [6.45, 7) is 1.73. The Bertz CT molecular complexity index is 1300. The molecule has 33 heavy (non-hydrogen) atoms. The first-order valence-electron chi connectivity index (χ1n) is 10.2. The minimum absolute atomic E-state index is 0.0116. The lowest BCUT2D eigenvalue weighted by Crippen LogP contribution is -2.21. The molecule has 2 aromatic carbocycles. The van der Waals surface area contributed by atoms with Gasteiger partial charge in [0.25, 0.3) is 10.0 Å². The second-order valence-corrected chi connectivity index (χ2v) is 11.6. The minimum Gasteiger partial charge on any atom is -0.487 e. The second kappa shape index (κ2) is 9.92. The normalized spacial score (nSPS) is 16.5. The maximum absolute atomic E-state index is 13.0. The van der Waals surface area contributed by atoms with Crippen LogP contribution >= 0.6 is 34.5 Å². The number of likely N-dealkylation sites (N-methyl/N-ethyl adjacent to an activating group) is 1. The minimum atomic E-state index is -3.87. The van der Waals surface area contributed by atoms with Gasteiger partial charge in [-0.05, 0) is 42.8 Å². The van der Waals surface area contributed by atoms with Crippen molar-refractivity contribution in [3.63, 3.8) is 0 Å². The number of nitriles is 1.